The van der Waals surface area contributed by atoms with E-state index in [1.807, 2.05) is 0 Å². The van der Waals surface area contributed by atoms with Crippen LogP contribution in [0.4, 0.5) is 11.4 Å². The normalized spacial score (nSPS) is 25.6. The minimum absolute atomic E-state index is 0.0826. The van der Waals surface area contributed by atoms with Gasteiger partial charge in [0, 0.05) is 29.7 Å². The van der Waals surface area contributed by atoms with Gasteiger partial charge in [-0.3, -0.25) is 15.0 Å². The van der Waals surface area contributed by atoms with Crippen LogP contribution in [0.25, 0.3) is 0 Å². The number of hydrogen-bond acceptors (Lipinski definition) is 5. The van der Waals surface area contributed by atoms with Crippen LogP contribution in [-0.2, 0) is 4.74 Å². The number of hydrogen-bond donors (Lipinski definition) is 1. The number of nitrogens with zero attached hydrogens (tertiary/aromatic N) is 2. The first-order chi connectivity index (χ1) is 10.1. The number of nitro benzene ring substituents is 1. The Balaban J connectivity index is 1.61. The van der Waals surface area contributed by atoms with E-state index in [1.165, 1.54) is 18.9 Å². The van der Waals surface area contributed by atoms with Gasteiger partial charge in [0.15, 0.2) is 0 Å². The van der Waals surface area contributed by atoms with Gasteiger partial charge in [0.25, 0.3) is 5.69 Å². The van der Waals surface area contributed by atoms with E-state index in [2.05, 4.69) is 26.1 Å². The third kappa shape index (κ3) is 3.36. The highest BCUT2D eigenvalue weighted by Gasteiger charge is 2.32. The number of fused-ring (bicyclic) bond motifs is 1. The molecule has 2 atom stereocenters. The Morgan fingerprint density at radius 2 is 2.38 bits per heavy atom. The molecule has 0 amide bonds. The molecule has 2 aliphatic rings. The van der Waals surface area contributed by atoms with Gasteiger partial charge in [-0.1, -0.05) is 15.9 Å². The van der Waals surface area contributed by atoms with Crippen molar-refractivity contribution in [1.82, 2.24) is 4.90 Å². The fraction of sp³-hybridized carbons (Fsp3) is 0.571. The molecular weight excluding hydrogens is 338 g/mol. The minimum Gasteiger partial charge on any atom is -0.377 e. The van der Waals surface area contributed by atoms with Crippen molar-refractivity contribution in [2.45, 2.75) is 25.0 Å². The van der Waals surface area contributed by atoms with Crippen molar-refractivity contribution in [2.75, 3.05) is 31.6 Å². The molecule has 2 aliphatic heterocycles. The molecule has 0 saturated carbocycles. The van der Waals surface area contributed by atoms with Gasteiger partial charge in [-0.25, -0.2) is 0 Å². The van der Waals surface area contributed by atoms with Crippen LogP contribution < -0.4 is 5.32 Å². The molecule has 0 aliphatic carbocycles. The Morgan fingerprint density at radius 3 is 3.19 bits per heavy atom. The molecule has 2 saturated heterocycles. The van der Waals surface area contributed by atoms with Crippen molar-refractivity contribution < 1.29 is 9.66 Å². The van der Waals surface area contributed by atoms with E-state index in [-0.39, 0.29) is 16.7 Å². The molecule has 7 heteroatoms. The molecular formula is C14H18BrN3O3. The number of anilines is 1. The maximum absolute atomic E-state index is 11.1. The number of benzene rings is 1. The molecule has 114 valence electrons. The zero-order valence-corrected chi connectivity index (χ0v) is 13.2. The molecule has 2 heterocycles. The number of ether oxygens (including phenoxy) is 1. The molecule has 2 unspecified atom stereocenters. The predicted octanol–water partition coefficient (Wildman–Crippen LogP) is 2.63. The van der Waals surface area contributed by atoms with Crippen LogP contribution in [0.3, 0.4) is 0 Å². The predicted molar refractivity (Wildman–Crippen MR) is 83.6 cm³/mol. The van der Waals surface area contributed by atoms with Gasteiger partial charge >= 0.3 is 0 Å². The summed E-state index contributed by atoms with van der Waals surface area (Å²) in [5.74, 6) is 0. The second kappa shape index (κ2) is 6.29. The monoisotopic (exact) mass is 355 g/mol. The summed E-state index contributed by atoms with van der Waals surface area (Å²) in [5.41, 5.74) is 0.620. The van der Waals surface area contributed by atoms with Crippen LogP contribution in [0.1, 0.15) is 12.8 Å². The van der Waals surface area contributed by atoms with Gasteiger partial charge in [0.2, 0.25) is 0 Å². The third-order valence-corrected chi connectivity index (χ3v) is 4.63. The van der Waals surface area contributed by atoms with Crippen LogP contribution in [0.15, 0.2) is 22.7 Å². The summed E-state index contributed by atoms with van der Waals surface area (Å²) in [5, 5.41) is 14.2. The Hall–Kier alpha value is -1.18. The van der Waals surface area contributed by atoms with E-state index in [0.717, 1.165) is 19.7 Å². The molecule has 21 heavy (non-hydrogen) atoms. The van der Waals surface area contributed by atoms with E-state index < -0.39 is 0 Å². The largest absolute Gasteiger partial charge is 0.377 e. The molecule has 1 aromatic carbocycles. The maximum atomic E-state index is 11.1. The topological polar surface area (TPSA) is 67.6 Å². The van der Waals surface area contributed by atoms with Crippen LogP contribution in [0, 0.1) is 10.1 Å². The Labute approximate surface area is 131 Å². The second-order valence-electron chi connectivity index (χ2n) is 5.55. The summed E-state index contributed by atoms with van der Waals surface area (Å²) < 4.78 is 6.56. The van der Waals surface area contributed by atoms with Crippen LogP contribution in [-0.4, -0.2) is 48.2 Å². The third-order valence-electron chi connectivity index (χ3n) is 4.14. The molecule has 0 aromatic heterocycles. The quantitative estimate of drug-likeness (QED) is 0.664. The van der Waals surface area contributed by atoms with E-state index in [9.17, 15) is 10.1 Å². The summed E-state index contributed by atoms with van der Waals surface area (Å²) in [7, 11) is 0. The molecule has 6 nitrogen and oxygen atoms in total. The van der Waals surface area contributed by atoms with Crippen molar-refractivity contribution in [1.29, 1.82) is 0 Å². The van der Waals surface area contributed by atoms with Crippen LogP contribution >= 0.6 is 15.9 Å². The van der Waals surface area contributed by atoms with E-state index in [1.54, 1.807) is 12.1 Å². The highest BCUT2D eigenvalue weighted by molar-refractivity contribution is 9.10. The smallest absolute Gasteiger partial charge is 0.293 e. The Bertz CT molecular complexity index is 540. The molecule has 1 N–H and O–H groups in total. The van der Waals surface area contributed by atoms with Crippen molar-refractivity contribution >= 4 is 27.3 Å². The molecule has 3 rings (SSSR count). The lowest BCUT2D eigenvalue weighted by molar-refractivity contribution is -0.384. The number of morpholine rings is 1. The number of nitrogens with one attached hydrogen (secondary N) is 1. The summed E-state index contributed by atoms with van der Waals surface area (Å²) in [6, 6.07) is 5.61. The number of nitro groups is 1. The van der Waals surface area contributed by atoms with Crippen molar-refractivity contribution in [2.24, 2.45) is 0 Å². The molecule has 0 bridgehead atoms. The summed E-state index contributed by atoms with van der Waals surface area (Å²) in [4.78, 5) is 13.2. The Kier molecular flexibility index (Phi) is 4.42. The lowest BCUT2D eigenvalue weighted by atomic mass is 10.2. The van der Waals surface area contributed by atoms with Crippen molar-refractivity contribution in [3.8, 4) is 0 Å². The Morgan fingerprint density at radius 1 is 1.52 bits per heavy atom. The van der Waals surface area contributed by atoms with Crippen LogP contribution in [0.5, 0.6) is 0 Å². The fourth-order valence-electron chi connectivity index (χ4n) is 3.04. The molecule has 0 radical (unpaired) electrons. The van der Waals surface area contributed by atoms with E-state index >= 15 is 0 Å². The maximum Gasteiger partial charge on any atom is 0.293 e. The first kappa shape index (κ1) is 14.7. The summed E-state index contributed by atoms with van der Waals surface area (Å²) in [6.45, 7) is 3.41. The molecule has 0 spiro atoms. The van der Waals surface area contributed by atoms with Gasteiger partial charge in [-0.05, 0) is 31.5 Å². The first-order valence-electron chi connectivity index (χ1n) is 7.17. The summed E-state index contributed by atoms with van der Waals surface area (Å²) >= 11 is 3.26. The van der Waals surface area contributed by atoms with Crippen molar-refractivity contribution in [3.05, 3.63) is 32.8 Å². The zero-order chi connectivity index (χ0) is 14.8. The molecule has 2 fully saturated rings. The van der Waals surface area contributed by atoms with E-state index in [4.69, 9.17) is 4.74 Å². The minimum atomic E-state index is -0.370. The standard InChI is InChI=1S/C14H18BrN3O3/c15-10-3-4-13(14(6-10)18(19)20)16-7-12-8-17-5-1-2-11(17)9-21-12/h3-4,6,11-12,16H,1-2,5,7-9H2. The summed E-state index contributed by atoms with van der Waals surface area (Å²) in [6.07, 6.45) is 2.55. The van der Waals surface area contributed by atoms with Gasteiger partial charge in [0.05, 0.1) is 17.6 Å². The first-order valence-corrected chi connectivity index (χ1v) is 7.96. The van der Waals surface area contributed by atoms with E-state index in [0.29, 0.717) is 22.7 Å². The highest BCUT2D eigenvalue weighted by Crippen LogP contribution is 2.28. The number of halogens is 1. The molecule has 1 aromatic rings. The van der Waals surface area contributed by atoms with Crippen LogP contribution in [0.2, 0.25) is 0 Å². The lowest BCUT2D eigenvalue weighted by Gasteiger charge is -2.35. The average molecular weight is 356 g/mol. The van der Waals surface area contributed by atoms with Gasteiger partial charge < -0.3 is 10.1 Å². The average Bonchev–Trinajstić information content (AvgIpc) is 2.93. The SMILES string of the molecule is O=[N+]([O-])c1cc(Br)ccc1NCC1CN2CCCC2CO1. The highest BCUT2D eigenvalue weighted by atomic mass is 79.9. The second-order valence-corrected chi connectivity index (χ2v) is 6.46. The number of rotatable bonds is 4. The fourth-order valence-corrected chi connectivity index (χ4v) is 3.39. The van der Waals surface area contributed by atoms with Gasteiger partial charge in [0.1, 0.15) is 5.69 Å². The van der Waals surface area contributed by atoms with Gasteiger partial charge in [-0.15, -0.1) is 0 Å². The van der Waals surface area contributed by atoms with Gasteiger partial charge in [-0.2, -0.15) is 0 Å². The van der Waals surface area contributed by atoms with Crippen molar-refractivity contribution in [3.63, 3.8) is 0 Å². The lowest BCUT2D eigenvalue weighted by Crippen LogP contribution is -2.48. The zero-order valence-electron chi connectivity index (χ0n) is 11.6.